The maximum absolute atomic E-state index is 5.93. The minimum Gasteiger partial charge on any atom is -0.374 e. The Balaban J connectivity index is 2.05. The molecular weight excluding hydrogens is 206 g/mol. The van der Waals surface area contributed by atoms with Gasteiger partial charge in [-0.2, -0.15) is 0 Å². The molecule has 1 aliphatic rings. The van der Waals surface area contributed by atoms with E-state index in [0.29, 0.717) is 5.88 Å². The van der Waals surface area contributed by atoms with Gasteiger partial charge in [-0.25, -0.2) is 0 Å². The summed E-state index contributed by atoms with van der Waals surface area (Å²) >= 11 is 5.93. The fraction of sp³-hybridized carbons (Fsp3) is 0.538. The monoisotopic (exact) mass is 223 g/mol. The van der Waals surface area contributed by atoms with Gasteiger partial charge in [0.25, 0.3) is 0 Å². The van der Waals surface area contributed by atoms with Crippen molar-refractivity contribution in [1.82, 2.24) is 0 Å². The van der Waals surface area contributed by atoms with Crippen molar-refractivity contribution in [2.45, 2.75) is 25.1 Å². The minimum atomic E-state index is 0.602. The Labute approximate surface area is 97.0 Å². The molecule has 1 saturated carbocycles. The van der Waals surface area contributed by atoms with Crippen LogP contribution in [0.15, 0.2) is 24.3 Å². The van der Waals surface area contributed by atoms with E-state index < -0.39 is 0 Å². The number of benzene rings is 1. The van der Waals surface area contributed by atoms with E-state index in [9.17, 15) is 0 Å². The van der Waals surface area contributed by atoms with Crippen LogP contribution < -0.4 is 4.90 Å². The van der Waals surface area contributed by atoms with Crippen molar-refractivity contribution < 1.29 is 0 Å². The fourth-order valence-corrected chi connectivity index (χ4v) is 2.38. The second-order valence-corrected chi connectivity index (χ2v) is 4.71. The highest BCUT2D eigenvalue weighted by atomic mass is 35.5. The van der Waals surface area contributed by atoms with Crippen molar-refractivity contribution in [2.75, 3.05) is 18.5 Å². The number of hydrogen-bond acceptors (Lipinski definition) is 1. The first-order chi connectivity index (χ1) is 7.31. The summed E-state index contributed by atoms with van der Waals surface area (Å²) in [7, 11) is 2.17. The molecule has 2 rings (SSSR count). The summed E-state index contributed by atoms with van der Waals surface area (Å²) in [4.78, 5) is 2.35. The summed E-state index contributed by atoms with van der Waals surface area (Å²) in [5.41, 5.74) is 2.53. The Bertz CT molecular complexity index is 320. The van der Waals surface area contributed by atoms with Crippen LogP contribution in [0, 0.1) is 5.92 Å². The van der Waals surface area contributed by atoms with Crippen LogP contribution in [-0.2, 0) is 5.88 Å². The number of halogens is 1. The maximum Gasteiger partial charge on any atom is 0.0494 e. The van der Waals surface area contributed by atoms with Crippen molar-refractivity contribution in [3.8, 4) is 0 Å². The number of rotatable bonds is 4. The molecule has 0 aromatic heterocycles. The Hall–Kier alpha value is -0.690. The Kier molecular flexibility index (Phi) is 3.53. The lowest BCUT2D eigenvalue weighted by Crippen LogP contribution is -2.29. The Morgan fingerprint density at radius 2 is 2.07 bits per heavy atom. The first-order valence-corrected chi connectivity index (χ1v) is 6.19. The highest BCUT2D eigenvalue weighted by Gasteiger charge is 2.19. The number of nitrogens with zero attached hydrogens (tertiary/aromatic N) is 1. The summed E-state index contributed by atoms with van der Waals surface area (Å²) < 4.78 is 0. The van der Waals surface area contributed by atoms with Gasteiger partial charge in [-0.15, -0.1) is 11.6 Å². The predicted octanol–water partition coefficient (Wildman–Crippen LogP) is 3.66. The summed E-state index contributed by atoms with van der Waals surface area (Å²) in [5, 5.41) is 0. The van der Waals surface area contributed by atoms with Gasteiger partial charge in [0.15, 0.2) is 0 Å². The van der Waals surface area contributed by atoms with Crippen molar-refractivity contribution in [2.24, 2.45) is 5.92 Å². The van der Waals surface area contributed by atoms with E-state index in [1.54, 1.807) is 0 Å². The zero-order valence-electron chi connectivity index (χ0n) is 9.25. The van der Waals surface area contributed by atoms with E-state index >= 15 is 0 Å². The van der Waals surface area contributed by atoms with Crippen LogP contribution in [0.4, 0.5) is 5.69 Å². The van der Waals surface area contributed by atoms with Gasteiger partial charge in [-0.05, 0) is 30.4 Å². The van der Waals surface area contributed by atoms with E-state index in [1.807, 2.05) is 0 Å². The molecule has 15 heavy (non-hydrogen) atoms. The quantitative estimate of drug-likeness (QED) is 0.705. The van der Waals surface area contributed by atoms with Gasteiger partial charge < -0.3 is 4.90 Å². The summed E-state index contributed by atoms with van der Waals surface area (Å²) in [5.74, 6) is 1.50. The molecular formula is C13H18ClN. The van der Waals surface area contributed by atoms with Gasteiger partial charge in [-0.1, -0.05) is 24.6 Å². The first kappa shape index (κ1) is 10.8. The average Bonchev–Trinajstić information content (AvgIpc) is 2.23. The molecule has 0 N–H and O–H groups in total. The normalized spacial score (nSPS) is 16.1. The van der Waals surface area contributed by atoms with Crippen molar-refractivity contribution in [3.63, 3.8) is 0 Å². The maximum atomic E-state index is 5.93. The second-order valence-electron chi connectivity index (χ2n) is 4.44. The lowest BCUT2D eigenvalue weighted by atomic mass is 9.85. The van der Waals surface area contributed by atoms with Crippen LogP contribution in [0.5, 0.6) is 0 Å². The Morgan fingerprint density at radius 1 is 1.33 bits per heavy atom. The third-order valence-electron chi connectivity index (χ3n) is 3.30. The minimum absolute atomic E-state index is 0.602. The molecule has 1 aliphatic carbocycles. The molecule has 1 aromatic rings. The molecule has 0 heterocycles. The van der Waals surface area contributed by atoms with Crippen LogP contribution in [-0.4, -0.2) is 13.6 Å². The predicted molar refractivity (Wildman–Crippen MR) is 66.6 cm³/mol. The van der Waals surface area contributed by atoms with Crippen molar-refractivity contribution >= 4 is 17.3 Å². The van der Waals surface area contributed by atoms with Crippen LogP contribution in [0.25, 0.3) is 0 Å². The van der Waals surface area contributed by atoms with Crippen LogP contribution in [0.3, 0.4) is 0 Å². The standard InChI is InChI=1S/C13H18ClN/c1-15(10-11-5-4-6-11)13-8-3-2-7-12(13)9-14/h2-3,7-8,11H,4-6,9-10H2,1H3. The number of alkyl halides is 1. The van der Waals surface area contributed by atoms with E-state index in [4.69, 9.17) is 11.6 Å². The summed E-state index contributed by atoms with van der Waals surface area (Å²) in [6, 6.07) is 8.41. The van der Waals surface area contributed by atoms with Gasteiger partial charge in [-0.3, -0.25) is 0 Å². The van der Waals surface area contributed by atoms with Crippen LogP contribution in [0.2, 0.25) is 0 Å². The largest absolute Gasteiger partial charge is 0.374 e. The number of para-hydroxylation sites is 1. The fourth-order valence-electron chi connectivity index (χ4n) is 2.16. The molecule has 0 unspecified atom stereocenters. The first-order valence-electron chi connectivity index (χ1n) is 5.66. The molecule has 0 aliphatic heterocycles. The van der Waals surface area contributed by atoms with Gasteiger partial charge in [0.05, 0.1) is 0 Å². The van der Waals surface area contributed by atoms with E-state index in [2.05, 4.69) is 36.2 Å². The number of anilines is 1. The van der Waals surface area contributed by atoms with Gasteiger partial charge in [0.1, 0.15) is 0 Å². The van der Waals surface area contributed by atoms with E-state index in [1.165, 1.54) is 37.1 Å². The molecule has 0 radical (unpaired) electrons. The molecule has 0 amide bonds. The topological polar surface area (TPSA) is 3.24 Å². The average molecular weight is 224 g/mol. The highest BCUT2D eigenvalue weighted by molar-refractivity contribution is 6.17. The van der Waals surface area contributed by atoms with Crippen LogP contribution >= 0.6 is 11.6 Å². The zero-order chi connectivity index (χ0) is 10.7. The molecule has 2 heteroatoms. The highest BCUT2D eigenvalue weighted by Crippen LogP contribution is 2.29. The second kappa shape index (κ2) is 4.89. The molecule has 82 valence electrons. The molecule has 0 saturated heterocycles. The zero-order valence-corrected chi connectivity index (χ0v) is 10.0. The van der Waals surface area contributed by atoms with Gasteiger partial charge >= 0.3 is 0 Å². The third kappa shape index (κ3) is 2.46. The van der Waals surface area contributed by atoms with Gasteiger partial charge in [0, 0.05) is 25.2 Å². The summed E-state index contributed by atoms with van der Waals surface area (Å²) in [6.45, 7) is 1.17. The SMILES string of the molecule is CN(CC1CCC1)c1ccccc1CCl. The smallest absolute Gasteiger partial charge is 0.0494 e. The molecule has 0 bridgehead atoms. The van der Waals surface area contributed by atoms with Gasteiger partial charge in [0.2, 0.25) is 0 Å². The third-order valence-corrected chi connectivity index (χ3v) is 3.59. The lowest BCUT2D eigenvalue weighted by Gasteiger charge is -2.32. The van der Waals surface area contributed by atoms with Crippen molar-refractivity contribution in [1.29, 1.82) is 0 Å². The lowest BCUT2D eigenvalue weighted by molar-refractivity contribution is 0.321. The van der Waals surface area contributed by atoms with Crippen LogP contribution in [0.1, 0.15) is 24.8 Å². The van der Waals surface area contributed by atoms with Crippen molar-refractivity contribution in [3.05, 3.63) is 29.8 Å². The summed E-state index contributed by atoms with van der Waals surface area (Å²) in [6.07, 6.45) is 4.20. The Morgan fingerprint density at radius 3 is 2.67 bits per heavy atom. The molecule has 0 spiro atoms. The molecule has 1 fully saturated rings. The number of hydrogen-bond donors (Lipinski definition) is 0. The van der Waals surface area contributed by atoms with E-state index in [0.717, 1.165) is 5.92 Å². The molecule has 1 nitrogen and oxygen atoms in total. The molecule has 1 aromatic carbocycles. The molecule has 0 atom stereocenters. The van der Waals surface area contributed by atoms with E-state index in [-0.39, 0.29) is 0 Å².